The van der Waals surface area contributed by atoms with Crippen LogP contribution in [0.5, 0.6) is 0 Å². The summed E-state index contributed by atoms with van der Waals surface area (Å²) >= 11 is 0. The van der Waals surface area contributed by atoms with E-state index >= 15 is 0 Å². The van der Waals surface area contributed by atoms with Gasteiger partial charge in [0.15, 0.2) is 0 Å². The molecule has 2 aromatic rings. The third kappa shape index (κ3) is 4.09. The summed E-state index contributed by atoms with van der Waals surface area (Å²) in [6.07, 6.45) is 4.15. The number of benzene rings is 1. The molecule has 2 amide bonds. The molecule has 2 N–H and O–H groups in total. The Morgan fingerprint density at radius 3 is 2.72 bits per heavy atom. The SMILES string of the molecule is Cc1ccncc1CC(=O)Nc1ccc(C2=NNC(=O)CC2C)cc1. The van der Waals surface area contributed by atoms with E-state index in [2.05, 4.69) is 20.8 Å². The first kappa shape index (κ1) is 16.8. The van der Waals surface area contributed by atoms with Gasteiger partial charge in [0.05, 0.1) is 12.1 Å². The van der Waals surface area contributed by atoms with E-state index < -0.39 is 0 Å². The molecule has 2 heterocycles. The lowest BCUT2D eigenvalue weighted by Crippen LogP contribution is -2.31. The number of nitrogens with one attached hydrogen (secondary N) is 2. The van der Waals surface area contributed by atoms with Gasteiger partial charge in [-0.15, -0.1) is 0 Å². The van der Waals surface area contributed by atoms with Gasteiger partial charge in [-0.3, -0.25) is 14.6 Å². The first-order valence-electron chi connectivity index (χ1n) is 8.19. The molecule has 1 aromatic heterocycles. The smallest absolute Gasteiger partial charge is 0.240 e. The van der Waals surface area contributed by atoms with Crippen molar-refractivity contribution in [3.05, 3.63) is 59.4 Å². The lowest BCUT2D eigenvalue weighted by atomic mass is 9.94. The molecule has 6 heteroatoms. The number of aryl methyl sites for hydroxylation is 1. The molecule has 6 nitrogen and oxygen atoms in total. The van der Waals surface area contributed by atoms with Crippen molar-refractivity contribution in [1.29, 1.82) is 0 Å². The quantitative estimate of drug-likeness (QED) is 0.899. The number of pyridine rings is 1. The maximum Gasteiger partial charge on any atom is 0.240 e. The molecule has 25 heavy (non-hydrogen) atoms. The van der Waals surface area contributed by atoms with Gasteiger partial charge < -0.3 is 5.32 Å². The first-order valence-corrected chi connectivity index (χ1v) is 8.19. The van der Waals surface area contributed by atoms with Gasteiger partial charge >= 0.3 is 0 Å². The molecule has 1 unspecified atom stereocenters. The normalized spacial score (nSPS) is 16.8. The van der Waals surface area contributed by atoms with Crippen LogP contribution in [-0.4, -0.2) is 22.5 Å². The van der Waals surface area contributed by atoms with Crippen molar-refractivity contribution in [2.75, 3.05) is 5.32 Å². The zero-order valence-electron chi connectivity index (χ0n) is 14.2. The highest BCUT2D eigenvalue weighted by atomic mass is 16.2. The summed E-state index contributed by atoms with van der Waals surface area (Å²) in [6.45, 7) is 3.94. The summed E-state index contributed by atoms with van der Waals surface area (Å²) in [5, 5.41) is 7.03. The zero-order chi connectivity index (χ0) is 17.8. The summed E-state index contributed by atoms with van der Waals surface area (Å²) < 4.78 is 0. The monoisotopic (exact) mass is 336 g/mol. The van der Waals surface area contributed by atoms with Crippen molar-refractivity contribution in [2.24, 2.45) is 11.0 Å². The van der Waals surface area contributed by atoms with E-state index in [4.69, 9.17) is 0 Å². The molecular weight excluding hydrogens is 316 g/mol. The van der Waals surface area contributed by atoms with Gasteiger partial charge in [-0.05, 0) is 41.8 Å². The molecule has 0 radical (unpaired) electrons. The Morgan fingerprint density at radius 2 is 2.04 bits per heavy atom. The largest absolute Gasteiger partial charge is 0.326 e. The predicted molar refractivity (Wildman–Crippen MR) is 96.2 cm³/mol. The summed E-state index contributed by atoms with van der Waals surface area (Å²) in [5.74, 6) is -0.0759. The third-order valence-electron chi connectivity index (χ3n) is 4.22. The maximum atomic E-state index is 12.2. The van der Waals surface area contributed by atoms with Crippen LogP contribution in [0.2, 0.25) is 0 Å². The molecule has 0 saturated heterocycles. The van der Waals surface area contributed by atoms with E-state index in [1.807, 2.05) is 44.2 Å². The van der Waals surface area contributed by atoms with E-state index in [-0.39, 0.29) is 24.2 Å². The number of anilines is 1. The van der Waals surface area contributed by atoms with Gasteiger partial charge in [-0.1, -0.05) is 19.1 Å². The molecule has 0 spiro atoms. The van der Waals surface area contributed by atoms with E-state index in [1.165, 1.54) is 0 Å². The lowest BCUT2D eigenvalue weighted by Gasteiger charge is -2.19. The average Bonchev–Trinajstić information content (AvgIpc) is 2.58. The number of nitrogens with zero attached hydrogens (tertiary/aromatic N) is 2. The molecule has 0 aliphatic carbocycles. The minimum atomic E-state index is -0.0838. The van der Waals surface area contributed by atoms with E-state index in [0.717, 1.165) is 28.1 Å². The standard InChI is InChI=1S/C19H20N4O2/c1-12-7-8-20-11-15(12)10-17(24)21-16-5-3-14(4-6-16)19-13(2)9-18(25)22-23-19/h3-8,11,13H,9-10H2,1-2H3,(H,21,24)(H,22,25). The molecule has 3 rings (SSSR count). The number of amides is 2. The van der Waals surface area contributed by atoms with Gasteiger partial charge in [-0.25, -0.2) is 5.43 Å². The number of aromatic nitrogens is 1. The molecule has 1 aliphatic rings. The maximum absolute atomic E-state index is 12.2. The van der Waals surface area contributed by atoms with E-state index in [1.54, 1.807) is 12.4 Å². The second-order valence-corrected chi connectivity index (χ2v) is 6.24. The number of hydrogen-bond donors (Lipinski definition) is 2. The fourth-order valence-corrected chi connectivity index (χ4v) is 2.79. The van der Waals surface area contributed by atoms with E-state index in [9.17, 15) is 9.59 Å². The second kappa shape index (κ2) is 7.25. The number of hydrazone groups is 1. The third-order valence-corrected chi connectivity index (χ3v) is 4.22. The fourth-order valence-electron chi connectivity index (χ4n) is 2.79. The molecule has 0 saturated carbocycles. The Balaban J connectivity index is 1.66. The van der Waals surface area contributed by atoms with Crippen LogP contribution in [0.25, 0.3) is 0 Å². The van der Waals surface area contributed by atoms with Crippen LogP contribution in [0.3, 0.4) is 0 Å². The minimum Gasteiger partial charge on any atom is -0.326 e. The highest BCUT2D eigenvalue weighted by Crippen LogP contribution is 2.18. The molecular formula is C19H20N4O2. The Hall–Kier alpha value is -3.02. The van der Waals surface area contributed by atoms with Crippen molar-refractivity contribution in [3.8, 4) is 0 Å². The highest BCUT2D eigenvalue weighted by molar-refractivity contribution is 6.06. The van der Waals surface area contributed by atoms with Crippen molar-refractivity contribution in [3.63, 3.8) is 0 Å². The van der Waals surface area contributed by atoms with Crippen LogP contribution in [0, 0.1) is 12.8 Å². The first-order chi connectivity index (χ1) is 12.0. The second-order valence-electron chi connectivity index (χ2n) is 6.24. The van der Waals surface area contributed by atoms with E-state index in [0.29, 0.717) is 6.42 Å². The average molecular weight is 336 g/mol. The van der Waals surface area contributed by atoms with Crippen molar-refractivity contribution in [1.82, 2.24) is 10.4 Å². The van der Waals surface area contributed by atoms with Crippen LogP contribution >= 0.6 is 0 Å². The van der Waals surface area contributed by atoms with Gasteiger partial charge in [0, 0.05) is 30.4 Å². The molecule has 0 fully saturated rings. The highest BCUT2D eigenvalue weighted by Gasteiger charge is 2.21. The van der Waals surface area contributed by atoms with Crippen LogP contribution in [0.1, 0.15) is 30.0 Å². The Kier molecular flexibility index (Phi) is 4.88. The number of rotatable bonds is 4. The molecule has 0 bridgehead atoms. The van der Waals surface area contributed by atoms with Gasteiger partial charge in [0.1, 0.15) is 0 Å². The minimum absolute atomic E-state index is 0.0640. The van der Waals surface area contributed by atoms with Gasteiger partial charge in [-0.2, -0.15) is 5.10 Å². The number of hydrogen-bond acceptors (Lipinski definition) is 4. The van der Waals surface area contributed by atoms with Crippen molar-refractivity contribution >= 4 is 23.2 Å². The Morgan fingerprint density at radius 1 is 1.28 bits per heavy atom. The van der Waals surface area contributed by atoms with Crippen LogP contribution in [-0.2, 0) is 16.0 Å². The Bertz CT molecular complexity index is 828. The lowest BCUT2D eigenvalue weighted by molar-refractivity contribution is -0.122. The van der Waals surface area contributed by atoms with Crippen LogP contribution in [0.15, 0.2) is 47.8 Å². The van der Waals surface area contributed by atoms with Gasteiger partial charge in [0.2, 0.25) is 11.8 Å². The molecule has 1 aromatic carbocycles. The number of carbonyl (C=O) groups is 2. The molecule has 128 valence electrons. The molecule has 1 atom stereocenters. The van der Waals surface area contributed by atoms with Crippen LogP contribution < -0.4 is 10.7 Å². The zero-order valence-corrected chi connectivity index (χ0v) is 14.2. The van der Waals surface area contributed by atoms with Crippen LogP contribution in [0.4, 0.5) is 5.69 Å². The summed E-state index contributed by atoms with van der Waals surface area (Å²) in [7, 11) is 0. The summed E-state index contributed by atoms with van der Waals surface area (Å²) in [6, 6.07) is 9.38. The van der Waals surface area contributed by atoms with Gasteiger partial charge in [0.25, 0.3) is 0 Å². The van der Waals surface area contributed by atoms with Crippen molar-refractivity contribution in [2.45, 2.75) is 26.7 Å². The summed E-state index contributed by atoms with van der Waals surface area (Å²) in [5.41, 5.74) is 6.99. The summed E-state index contributed by atoms with van der Waals surface area (Å²) in [4.78, 5) is 27.6. The topological polar surface area (TPSA) is 83.4 Å². The van der Waals surface area contributed by atoms with Crippen molar-refractivity contribution < 1.29 is 9.59 Å². The molecule has 1 aliphatic heterocycles. The fraction of sp³-hybridized carbons (Fsp3) is 0.263. The Labute approximate surface area is 146 Å². The number of carbonyl (C=O) groups excluding carboxylic acids is 2. The predicted octanol–water partition coefficient (Wildman–Crippen LogP) is 2.43.